The fourth-order valence-electron chi connectivity index (χ4n) is 1.61. The van der Waals surface area contributed by atoms with E-state index < -0.39 is 4.92 Å². The maximum atomic E-state index is 10.7. The van der Waals surface area contributed by atoms with Gasteiger partial charge in [-0.2, -0.15) is 0 Å². The Kier molecular flexibility index (Phi) is 5.59. The molecule has 2 rings (SSSR count). The average Bonchev–Trinajstić information content (AvgIpc) is 2.54. The zero-order chi connectivity index (χ0) is 15.9. The van der Waals surface area contributed by atoms with E-state index in [1.807, 2.05) is 4.31 Å². The molecular weight excluding hydrogens is 308 g/mol. The monoisotopic (exact) mass is 324 g/mol. The van der Waals surface area contributed by atoms with Crippen LogP contribution in [0.15, 0.2) is 33.7 Å². The third-order valence-electron chi connectivity index (χ3n) is 2.78. The number of hydrogen-bond donors (Lipinski definition) is 0. The molecule has 0 spiro atoms. The predicted octanol–water partition coefficient (Wildman–Crippen LogP) is 3.01. The molecule has 0 bridgehead atoms. The van der Waals surface area contributed by atoms with Gasteiger partial charge in [-0.1, -0.05) is 13.3 Å². The summed E-state index contributed by atoms with van der Waals surface area (Å²) in [6, 6.07) is 6.39. The van der Waals surface area contributed by atoms with Crippen LogP contribution < -0.4 is 4.74 Å². The number of aliphatic imine (C=N–C) groups is 1. The Morgan fingerprint density at radius 1 is 1.36 bits per heavy atom. The van der Waals surface area contributed by atoms with Crippen LogP contribution in [-0.2, 0) is 4.74 Å². The van der Waals surface area contributed by atoms with Gasteiger partial charge in [0.15, 0.2) is 0 Å². The van der Waals surface area contributed by atoms with Crippen molar-refractivity contribution in [3.63, 3.8) is 0 Å². The Labute approximate surface area is 132 Å². The van der Waals surface area contributed by atoms with Crippen LogP contribution in [-0.4, -0.2) is 34.9 Å². The van der Waals surface area contributed by atoms with Crippen LogP contribution in [0.5, 0.6) is 5.75 Å². The highest BCUT2D eigenvalue weighted by molar-refractivity contribution is 7.96. The number of hydrogen-bond acceptors (Lipinski definition) is 8. The quantitative estimate of drug-likeness (QED) is 0.470. The summed E-state index contributed by atoms with van der Waals surface area (Å²) < 4.78 is 16.6. The third-order valence-corrected chi connectivity index (χ3v) is 3.55. The number of nitro benzene ring substituents is 1. The summed E-state index contributed by atoms with van der Waals surface area (Å²) in [7, 11) is 1.48. The van der Waals surface area contributed by atoms with Crippen LogP contribution in [0, 0.1) is 10.1 Å². The van der Waals surface area contributed by atoms with Crippen LogP contribution in [0.3, 0.4) is 0 Å². The van der Waals surface area contributed by atoms with Gasteiger partial charge in [0.2, 0.25) is 0 Å². The highest BCUT2D eigenvalue weighted by Crippen LogP contribution is 2.23. The topological polar surface area (TPSA) is 89.6 Å². The summed E-state index contributed by atoms with van der Waals surface area (Å²) >= 11 is 1.20. The van der Waals surface area contributed by atoms with E-state index in [-0.39, 0.29) is 11.7 Å². The summed E-state index contributed by atoms with van der Waals surface area (Å²) in [4.78, 5) is 14.4. The molecule has 0 radical (unpaired) electrons. The first-order chi connectivity index (χ1) is 10.6. The van der Waals surface area contributed by atoms with E-state index in [1.165, 1.54) is 43.5 Å². The minimum atomic E-state index is -0.457. The lowest BCUT2D eigenvalue weighted by molar-refractivity contribution is -0.384. The summed E-state index contributed by atoms with van der Waals surface area (Å²) in [5.41, 5.74) is 0.00860. The van der Waals surface area contributed by atoms with Crippen LogP contribution in [0.25, 0.3) is 0 Å². The Bertz CT molecular complexity index is 588. The molecule has 0 saturated heterocycles. The number of nitro groups is 1. The number of rotatable bonds is 5. The van der Waals surface area contributed by atoms with Crippen molar-refractivity contribution in [2.24, 2.45) is 9.39 Å². The van der Waals surface area contributed by atoms with E-state index >= 15 is 0 Å². The van der Waals surface area contributed by atoms with E-state index in [0.29, 0.717) is 11.8 Å². The molecule has 1 aliphatic rings. The average molecular weight is 324 g/mol. The lowest BCUT2D eigenvalue weighted by atomic mass is 10.3. The molecule has 0 amide bonds. The van der Waals surface area contributed by atoms with Crippen LogP contribution >= 0.6 is 12.1 Å². The summed E-state index contributed by atoms with van der Waals surface area (Å²) in [5, 5.41) is 10.7. The molecule has 22 heavy (non-hydrogen) atoms. The summed E-state index contributed by atoms with van der Waals surface area (Å²) in [6.07, 6.45) is 2.00. The predicted molar refractivity (Wildman–Crippen MR) is 84.8 cm³/mol. The van der Waals surface area contributed by atoms with E-state index in [1.54, 1.807) is 0 Å². The zero-order valence-corrected chi connectivity index (χ0v) is 13.1. The molecule has 0 unspecified atom stereocenters. The van der Waals surface area contributed by atoms with Gasteiger partial charge in [-0.05, 0) is 18.6 Å². The second-order valence-electron chi connectivity index (χ2n) is 4.36. The van der Waals surface area contributed by atoms with Crippen molar-refractivity contribution in [2.75, 3.05) is 13.7 Å². The van der Waals surface area contributed by atoms with Crippen LogP contribution in [0.4, 0.5) is 5.69 Å². The third kappa shape index (κ3) is 4.10. The van der Waals surface area contributed by atoms with Crippen molar-refractivity contribution in [3.8, 4) is 5.75 Å². The molecule has 8 nitrogen and oxygen atoms in total. The van der Waals surface area contributed by atoms with Gasteiger partial charge >= 0.3 is 12.0 Å². The Morgan fingerprint density at radius 2 is 2.09 bits per heavy atom. The van der Waals surface area contributed by atoms with E-state index in [4.69, 9.17) is 9.47 Å². The molecule has 1 aliphatic heterocycles. The molecule has 0 saturated carbocycles. The molecule has 0 N–H and O–H groups in total. The van der Waals surface area contributed by atoms with Gasteiger partial charge in [-0.15, -0.1) is 9.39 Å². The molecule has 1 aromatic carbocycles. The number of methoxy groups -OCH3 is 1. The van der Waals surface area contributed by atoms with Crippen molar-refractivity contribution in [2.45, 2.75) is 19.8 Å². The fraction of sp³-hybridized carbons (Fsp3) is 0.385. The first-order valence-electron chi connectivity index (χ1n) is 6.71. The zero-order valence-electron chi connectivity index (χ0n) is 12.3. The van der Waals surface area contributed by atoms with Crippen molar-refractivity contribution >= 4 is 29.9 Å². The maximum Gasteiger partial charge on any atom is 0.329 e. The highest BCUT2D eigenvalue weighted by atomic mass is 32.2. The summed E-state index contributed by atoms with van der Waals surface area (Å²) in [5.74, 6) is 0.462. The molecule has 1 heterocycles. The number of amidine groups is 2. The Morgan fingerprint density at radius 3 is 2.68 bits per heavy atom. The smallest absolute Gasteiger partial charge is 0.329 e. The lowest BCUT2D eigenvalue weighted by Gasteiger charge is -2.24. The van der Waals surface area contributed by atoms with Gasteiger partial charge in [0.1, 0.15) is 17.9 Å². The van der Waals surface area contributed by atoms with E-state index in [2.05, 4.69) is 16.3 Å². The van der Waals surface area contributed by atoms with E-state index in [9.17, 15) is 10.1 Å². The van der Waals surface area contributed by atoms with Gasteiger partial charge in [0.25, 0.3) is 5.69 Å². The molecule has 0 atom stereocenters. The second-order valence-corrected chi connectivity index (χ2v) is 5.15. The molecule has 9 heteroatoms. The highest BCUT2D eigenvalue weighted by Gasteiger charge is 2.21. The largest absolute Gasteiger partial charge is 0.466 e. The molecule has 0 fully saturated rings. The number of non-ortho nitro benzene ring substituents is 1. The van der Waals surface area contributed by atoms with Crippen molar-refractivity contribution < 1.29 is 14.4 Å². The Hall–Kier alpha value is -2.29. The van der Waals surface area contributed by atoms with Gasteiger partial charge < -0.3 is 9.47 Å². The number of nitrogens with zero attached hydrogens (tertiary/aromatic N) is 4. The minimum absolute atomic E-state index is 0.00860. The van der Waals surface area contributed by atoms with Gasteiger partial charge in [-0.3, -0.25) is 10.1 Å². The number of ether oxygens (including phenoxy) is 2. The first-order valence-corrected chi connectivity index (χ1v) is 7.44. The van der Waals surface area contributed by atoms with Crippen molar-refractivity contribution in [1.29, 1.82) is 0 Å². The van der Waals surface area contributed by atoms with Crippen LogP contribution in [0.1, 0.15) is 19.8 Å². The molecule has 0 aliphatic carbocycles. The van der Waals surface area contributed by atoms with Crippen molar-refractivity contribution in [1.82, 2.24) is 4.31 Å². The van der Waals surface area contributed by atoms with Gasteiger partial charge in [-0.25, -0.2) is 4.31 Å². The SMILES string of the molecule is CCCCN1SN=C(OC)N=C1Oc1ccc([N+](=O)[O-])cc1. The number of benzene rings is 1. The molecule has 118 valence electrons. The number of unbranched alkanes of at least 4 members (excludes halogenated alkanes) is 1. The Balaban J connectivity index is 2.13. The standard InChI is InChI=1S/C13H16N4O4S/c1-3-4-9-16-13(14-12(20-2)15-22-16)21-11-7-5-10(6-8-11)17(18)19/h5-8H,3-4,9H2,1-2H3. The lowest BCUT2D eigenvalue weighted by Crippen LogP contribution is -2.33. The summed E-state index contributed by atoms with van der Waals surface area (Å²) in [6.45, 7) is 2.82. The van der Waals surface area contributed by atoms with Crippen molar-refractivity contribution in [3.05, 3.63) is 34.4 Å². The van der Waals surface area contributed by atoms with Crippen LogP contribution in [0.2, 0.25) is 0 Å². The maximum absolute atomic E-state index is 10.7. The van der Waals surface area contributed by atoms with Gasteiger partial charge in [0.05, 0.1) is 12.0 Å². The minimum Gasteiger partial charge on any atom is -0.466 e. The molecular formula is C13H16N4O4S. The second kappa shape index (κ2) is 7.64. The normalized spacial score (nSPS) is 14.2. The van der Waals surface area contributed by atoms with E-state index in [0.717, 1.165) is 19.4 Å². The first kappa shape index (κ1) is 16.1. The molecule has 0 aromatic heterocycles. The van der Waals surface area contributed by atoms with Gasteiger partial charge in [0, 0.05) is 18.7 Å². The fourth-order valence-corrected chi connectivity index (χ4v) is 2.26. The molecule has 1 aromatic rings.